The van der Waals surface area contributed by atoms with E-state index in [1.54, 1.807) is 10.9 Å². The van der Waals surface area contributed by atoms with Gasteiger partial charge in [-0.1, -0.05) is 0 Å². The van der Waals surface area contributed by atoms with Crippen molar-refractivity contribution in [3.8, 4) is 22.6 Å². The van der Waals surface area contributed by atoms with Gasteiger partial charge in [0, 0.05) is 30.0 Å². The van der Waals surface area contributed by atoms with Crippen molar-refractivity contribution in [2.75, 3.05) is 6.61 Å². The van der Waals surface area contributed by atoms with Gasteiger partial charge in [-0.05, 0) is 31.4 Å². The molecule has 1 aliphatic rings. The maximum absolute atomic E-state index is 12.2. The van der Waals surface area contributed by atoms with Crippen molar-refractivity contribution >= 4 is 0 Å². The van der Waals surface area contributed by atoms with E-state index in [2.05, 4.69) is 9.84 Å². The molecule has 1 aromatic heterocycles. The van der Waals surface area contributed by atoms with E-state index in [1.165, 1.54) is 12.3 Å². The van der Waals surface area contributed by atoms with Gasteiger partial charge in [0.25, 0.3) is 0 Å². The predicted octanol–water partition coefficient (Wildman–Crippen LogP) is 3.85. The largest absolute Gasteiger partial charge is 0.573 e. The Bertz CT molecular complexity index is 679. The second kappa shape index (κ2) is 6.11. The van der Waals surface area contributed by atoms with Crippen LogP contribution in [0.3, 0.4) is 0 Å². The summed E-state index contributed by atoms with van der Waals surface area (Å²) in [5, 5.41) is 14.2. The number of halogens is 3. The standard InChI is InChI=1S/C15H15F3N2O3/c16-15(17,18)23-11-4-5-12(13(21)7-11)10-8-19-20(9-10)14-3-1-2-6-22-14/h4-5,7-9,14,21H,1-3,6H2. The second-order valence-electron chi connectivity index (χ2n) is 5.26. The molecule has 1 aliphatic heterocycles. The summed E-state index contributed by atoms with van der Waals surface area (Å²) in [5.41, 5.74) is 0.969. The molecule has 1 fully saturated rings. The van der Waals surface area contributed by atoms with Crippen LogP contribution >= 0.6 is 0 Å². The van der Waals surface area contributed by atoms with E-state index in [1.807, 2.05) is 0 Å². The quantitative estimate of drug-likeness (QED) is 0.930. The molecular weight excluding hydrogens is 313 g/mol. The summed E-state index contributed by atoms with van der Waals surface area (Å²) in [6, 6.07) is 3.44. The Kier molecular flexibility index (Phi) is 4.16. The first-order chi connectivity index (χ1) is 10.9. The van der Waals surface area contributed by atoms with Gasteiger partial charge in [0.2, 0.25) is 0 Å². The molecule has 1 aromatic carbocycles. The molecule has 3 rings (SSSR count). The number of aromatic hydroxyl groups is 1. The van der Waals surface area contributed by atoms with Crippen LogP contribution in [0.4, 0.5) is 13.2 Å². The third-order valence-corrected chi connectivity index (χ3v) is 3.57. The number of hydrogen-bond donors (Lipinski definition) is 1. The highest BCUT2D eigenvalue weighted by molar-refractivity contribution is 5.70. The Balaban J connectivity index is 1.80. The Hall–Kier alpha value is -2.22. The molecule has 2 aromatic rings. The summed E-state index contributed by atoms with van der Waals surface area (Å²) < 4.78 is 47.6. The highest BCUT2D eigenvalue weighted by atomic mass is 19.4. The Labute approximate surface area is 130 Å². The summed E-state index contributed by atoms with van der Waals surface area (Å²) in [5.74, 6) is -0.780. The van der Waals surface area contributed by atoms with E-state index in [4.69, 9.17) is 4.74 Å². The van der Waals surface area contributed by atoms with Crippen molar-refractivity contribution in [1.29, 1.82) is 0 Å². The molecule has 1 atom stereocenters. The van der Waals surface area contributed by atoms with Crippen LogP contribution in [0.25, 0.3) is 11.1 Å². The van der Waals surface area contributed by atoms with Gasteiger partial charge in [-0.25, -0.2) is 4.68 Å². The Morgan fingerprint density at radius 3 is 2.78 bits per heavy atom. The van der Waals surface area contributed by atoms with E-state index >= 15 is 0 Å². The number of phenolic OH excluding ortho intramolecular Hbond substituents is 1. The lowest BCUT2D eigenvalue weighted by Gasteiger charge is -2.22. The van der Waals surface area contributed by atoms with Crippen molar-refractivity contribution in [2.24, 2.45) is 0 Å². The summed E-state index contributed by atoms with van der Waals surface area (Å²) in [6.45, 7) is 0.675. The lowest BCUT2D eigenvalue weighted by molar-refractivity contribution is -0.274. The van der Waals surface area contributed by atoms with Gasteiger partial charge in [0.1, 0.15) is 17.7 Å². The van der Waals surface area contributed by atoms with Crippen LogP contribution in [0.5, 0.6) is 11.5 Å². The molecule has 0 saturated carbocycles. The molecule has 5 nitrogen and oxygen atoms in total. The van der Waals surface area contributed by atoms with E-state index in [-0.39, 0.29) is 12.0 Å². The number of nitrogens with zero attached hydrogens (tertiary/aromatic N) is 2. The molecule has 8 heteroatoms. The predicted molar refractivity (Wildman–Crippen MR) is 74.9 cm³/mol. The molecule has 0 spiro atoms. The zero-order valence-electron chi connectivity index (χ0n) is 12.1. The number of ether oxygens (including phenoxy) is 2. The molecule has 0 bridgehead atoms. The third-order valence-electron chi connectivity index (χ3n) is 3.57. The van der Waals surface area contributed by atoms with Crippen LogP contribution in [0.15, 0.2) is 30.6 Å². The van der Waals surface area contributed by atoms with Crippen molar-refractivity contribution in [1.82, 2.24) is 9.78 Å². The summed E-state index contributed by atoms with van der Waals surface area (Å²) in [4.78, 5) is 0. The smallest absolute Gasteiger partial charge is 0.507 e. The molecule has 0 amide bonds. The summed E-state index contributed by atoms with van der Waals surface area (Å²) in [6.07, 6.45) is 1.23. The van der Waals surface area contributed by atoms with Crippen LogP contribution in [0, 0.1) is 0 Å². The number of phenols is 1. The number of benzene rings is 1. The van der Waals surface area contributed by atoms with E-state index in [0.29, 0.717) is 17.7 Å². The molecule has 23 heavy (non-hydrogen) atoms. The molecule has 1 saturated heterocycles. The fraction of sp³-hybridized carbons (Fsp3) is 0.400. The van der Waals surface area contributed by atoms with Gasteiger partial charge in [-0.2, -0.15) is 5.10 Å². The molecule has 2 heterocycles. The van der Waals surface area contributed by atoms with Crippen molar-refractivity contribution < 1.29 is 27.8 Å². The zero-order chi connectivity index (χ0) is 16.4. The zero-order valence-corrected chi connectivity index (χ0v) is 12.1. The van der Waals surface area contributed by atoms with Crippen LogP contribution < -0.4 is 4.74 Å². The molecule has 1 N–H and O–H groups in total. The van der Waals surface area contributed by atoms with Gasteiger partial charge in [0.15, 0.2) is 0 Å². The van der Waals surface area contributed by atoms with Gasteiger partial charge in [-0.15, -0.1) is 13.2 Å². The van der Waals surface area contributed by atoms with Crippen molar-refractivity contribution in [3.63, 3.8) is 0 Å². The Morgan fingerprint density at radius 2 is 2.13 bits per heavy atom. The fourth-order valence-corrected chi connectivity index (χ4v) is 2.52. The van der Waals surface area contributed by atoms with Crippen LogP contribution in [0.1, 0.15) is 25.5 Å². The van der Waals surface area contributed by atoms with Crippen molar-refractivity contribution in [2.45, 2.75) is 31.9 Å². The van der Waals surface area contributed by atoms with Crippen molar-refractivity contribution in [3.05, 3.63) is 30.6 Å². The van der Waals surface area contributed by atoms with Crippen LogP contribution in [-0.4, -0.2) is 27.9 Å². The first-order valence-electron chi connectivity index (χ1n) is 7.17. The average Bonchev–Trinajstić information content (AvgIpc) is 2.96. The molecule has 124 valence electrons. The van der Waals surface area contributed by atoms with Gasteiger partial charge in [-0.3, -0.25) is 0 Å². The lowest BCUT2D eigenvalue weighted by atomic mass is 10.1. The minimum Gasteiger partial charge on any atom is -0.507 e. The highest BCUT2D eigenvalue weighted by Crippen LogP contribution is 2.35. The minimum atomic E-state index is -4.79. The number of rotatable bonds is 3. The summed E-state index contributed by atoms with van der Waals surface area (Å²) >= 11 is 0. The normalized spacial score (nSPS) is 18.8. The van der Waals surface area contributed by atoms with E-state index < -0.39 is 12.1 Å². The Morgan fingerprint density at radius 1 is 1.30 bits per heavy atom. The lowest BCUT2D eigenvalue weighted by Crippen LogP contribution is -2.18. The number of aromatic nitrogens is 2. The fourth-order valence-electron chi connectivity index (χ4n) is 2.52. The molecular formula is C15H15F3N2O3. The van der Waals surface area contributed by atoms with Crippen LogP contribution in [-0.2, 0) is 4.74 Å². The van der Waals surface area contributed by atoms with Gasteiger partial charge in [0.05, 0.1) is 6.20 Å². The molecule has 1 unspecified atom stereocenters. The maximum atomic E-state index is 12.2. The first kappa shape index (κ1) is 15.7. The molecule has 0 aliphatic carbocycles. The SMILES string of the molecule is Oc1cc(OC(F)(F)F)ccc1-c1cnn(C2CCCCO2)c1. The third kappa shape index (κ3) is 3.76. The van der Waals surface area contributed by atoms with E-state index in [9.17, 15) is 18.3 Å². The summed E-state index contributed by atoms with van der Waals surface area (Å²) in [7, 11) is 0. The first-order valence-corrected chi connectivity index (χ1v) is 7.17. The topological polar surface area (TPSA) is 56.5 Å². The highest BCUT2D eigenvalue weighted by Gasteiger charge is 2.31. The minimum absolute atomic E-state index is 0.146. The maximum Gasteiger partial charge on any atom is 0.573 e. The average molecular weight is 328 g/mol. The van der Waals surface area contributed by atoms with Gasteiger partial charge < -0.3 is 14.6 Å². The van der Waals surface area contributed by atoms with Gasteiger partial charge >= 0.3 is 6.36 Å². The monoisotopic (exact) mass is 328 g/mol. The van der Waals surface area contributed by atoms with Crippen LogP contribution in [0.2, 0.25) is 0 Å². The number of hydrogen-bond acceptors (Lipinski definition) is 4. The number of alkyl halides is 3. The second-order valence-corrected chi connectivity index (χ2v) is 5.26. The molecule has 0 radical (unpaired) electrons. The van der Waals surface area contributed by atoms with E-state index in [0.717, 1.165) is 31.4 Å².